The highest BCUT2D eigenvalue weighted by Crippen LogP contribution is 2.31. The van der Waals surface area contributed by atoms with E-state index in [1.54, 1.807) is 75.4 Å². The van der Waals surface area contributed by atoms with Gasteiger partial charge in [0.2, 0.25) is 0 Å². The highest BCUT2D eigenvalue weighted by atomic mass is 35.5. The second-order valence-corrected chi connectivity index (χ2v) is 10.6. The van der Waals surface area contributed by atoms with E-state index < -0.39 is 18.0 Å². The van der Waals surface area contributed by atoms with Crippen LogP contribution in [-0.2, 0) is 9.53 Å². The summed E-state index contributed by atoms with van der Waals surface area (Å²) in [6, 6.07) is 16.0. The number of fused-ring (bicyclic) bond motifs is 1. The molecule has 1 unspecified atom stereocenters. The highest BCUT2D eigenvalue weighted by molar-refractivity contribution is 7.07. The minimum Gasteiger partial charge on any atom is -0.478 e. The van der Waals surface area contributed by atoms with Gasteiger partial charge in [-0.25, -0.2) is 14.6 Å². The lowest BCUT2D eigenvalue weighted by atomic mass is 9.96. The molecule has 198 valence electrons. The summed E-state index contributed by atoms with van der Waals surface area (Å²) < 4.78 is 13.3. The van der Waals surface area contributed by atoms with Crippen LogP contribution in [-0.4, -0.2) is 27.7 Å². The zero-order valence-corrected chi connectivity index (χ0v) is 22.7. The lowest BCUT2D eigenvalue weighted by Crippen LogP contribution is -2.40. The third-order valence-corrected chi connectivity index (χ3v) is 7.32. The Kier molecular flexibility index (Phi) is 7.12. The van der Waals surface area contributed by atoms with E-state index in [0.717, 1.165) is 0 Å². The minimum absolute atomic E-state index is 0.175. The van der Waals surface area contributed by atoms with Crippen molar-refractivity contribution < 1.29 is 23.8 Å². The van der Waals surface area contributed by atoms with Crippen LogP contribution in [0.4, 0.5) is 0 Å². The SMILES string of the molecule is CC1=C(C(=O)OC(C)C)C(c2ccc(Cl)cc2)n2c(s/c(=C\c3ccc(-c4ccc(C(=O)O)cc4)o3)c2=O)=N1. The Morgan fingerprint density at radius 3 is 2.44 bits per heavy atom. The first kappa shape index (κ1) is 26.4. The van der Waals surface area contributed by atoms with E-state index >= 15 is 0 Å². The number of carboxylic acid groups (broad SMARTS) is 1. The normalized spacial score (nSPS) is 15.3. The molecular weight excluding hydrogens is 540 g/mol. The smallest absolute Gasteiger partial charge is 0.338 e. The van der Waals surface area contributed by atoms with E-state index in [1.165, 1.54) is 28.0 Å². The second-order valence-electron chi connectivity index (χ2n) is 9.17. The first-order valence-corrected chi connectivity index (χ1v) is 13.2. The number of halogens is 1. The Hall–Kier alpha value is -4.21. The number of furan rings is 1. The van der Waals surface area contributed by atoms with Crippen LogP contribution in [0, 0.1) is 0 Å². The van der Waals surface area contributed by atoms with Crippen molar-refractivity contribution in [1.29, 1.82) is 0 Å². The van der Waals surface area contributed by atoms with Crippen LogP contribution in [0.25, 0.3) is 17.4 Å². The quantitative estimate of drug-likeness (QED) is 0.338. The molecule has 8 nitrogen and oxygen atoms in total. The molecule has 0 amide bonds. The number of aromatic nitrogens is 1. The van der Waals surface area contributed by atoms with Gasteiger partial charge in [-0.1, -0.05) is 47.2 Å². The first-order valence-electron chi connectivity index (χ1n) is 12.0. The maximum atomic E-state index is 13.7. The van der Waals surface area contributed by atoms with E-state index in [-0.39, 0.29) is 22.8 Å². The molecule has 3 heterocycles. The van der Waals surface area contributed by atoms with Crippen molar-refractivity contribution in [3.63, 3.8) is 0 Å². The molecule has 0 aliphatic carbocycles. The molecule has 0 spiro atoms. The van der Waals surface area contributed by atoms with Crippen LogP contribution < -0.4 is 14.9 Å². The maximum absolute atomic E-state index is 13.7. The number of carbonyl (C=O) groups is 2. The summed E-state index contributed by atoms with van der Waals surface area (Å²) in [4.78, 5) is 43.0. The van der Waals surface area contributed by atoms with E-state index in [2.05, 4.69) is 4.99 Å². The number of benzene rings is 2. The maximum Gasteiger partial charge on any atom is 0.338 e. The minimum atomic E-state index is -1.01. The van der Waals surface area contributed by atoms with Gasteiger partial charge >= 0.3 is 11.9 Å². The standard InChI is InChI=1S/C29H23ClN2O6S/c1-15(2)37-28(36)24-16(3)31-29-32(25(24)18-8-10-20(30)11-9-18)26(33)23(39-29)14-21-12-13-22(38-21)17-4-6-19(7-5-17)27(34)35/h4-15,25H,1-3H3,(H,34,35)/b23-14-. The van der Waals surface area contributed by atoms with Gasteiger partial charge in [-0.15, -0.1) is 0 Å². The van der Waals surface area contributed by atoms with Gasteiger partial charge < -0.3 is 14.3 Å². The third kappa shape index (κ3) is 5.23. The zero-order valence-electron chi connectivity index (χ0n) is 21.2. The lowest BCUT2D eigenvalue weighted by Gasteiger charge is -2.25. The molecule has 10 heteroatoms. The predicted molar refractivity (Wildman–Crippen MR) is 148 cm³/mol. The number of allylic oxidation sites excluding steroid dienone is 1. The number of esters is 1. The number of carbonyl (C=O) groups excluding carboxylic acids is 1. The Bertz CT molecular complexity index is 1790. The van der Waals surface area contributed by atoms with Crippen LogP contribution in [0.15, 0.2) is 86.1 Å². The Morgan fingerprint density at radius 2 is 1.79 bits per heavy atom. The fraction of sp³-hybridized carbons (Fsp3) is 0.172. The van der Waals surface area contributed by atoms with Crippen molar-refractivity contribution in [1.82, 2.24) is 4.57 Å². The molecule has 1 aliphatic heterocycles. The van der Waals surface area contributed by atoms with E-state index in [9.17, 15) is 14.4 Å². The predicted octanol–water partition coefficient (Wildman–Crippen LogP) is 4.80. The summed E-state index contributed by atoms with van der Waals surface area (Å²) in [6.07, 6.45) is 1.28. The second kappa shape index (κ2) is 10.5. The summed E-state index contributed by atoms with van der Waals surface area (Å²) in [5.74, 6) is -0.578. The van der Waals surface area contributed by atoms with Crippen molar-refractivity contribution in [3.8, 4) is 11.3 Å². The lowest BCUT2D eigenvalue weighted by molar-refractivity contribution is -0.143. The molecule has 0 saturated carbocycles. The molecule has 1 atom stereocenters. The molecule has 2 aromatic heterocycles. The molecular formula is C29H23ClN2O6S. The largest absolute Gasteiger partial charge is 0.478 e. The number of ether oxygens (including phenoxy) is 1. The summed E-state index contributed by atoms with van der Waals surface area (Å²) in [7, 11) is 0. The van der Waals surface area contributed by atoms with Gasteiger partial charge in [-0.2, -0.15) is 0 Å². The van der Waals surface area contributed by atoms with Crippen molar-refractivity contribution in [2.24, 2.45) is 4.99 Å². The molecule has 0 saturated heterocycles. The Balaban J connectivity index is 1.59. The topological polar surface area (TPSA) is 111 Å². The first-order chi connectivity index (χ1) is 18.6. The Morgan fingerprint density at radius 1 is 1.10 bits per heavy atom. The third-order valence-electron chi connectivity index (χ3n) is 6.09. The molecule has 5 rings (SSSR count). The molecule has 4 aromatic rings. The van der Waals surface area contributed by atoms with Crippen LogP contribution in [0.2, 0.25) is 5.02 Å². The fourth-order valence-corrected chi connectivity index (χ4v) is 5.47. The van der Waals surface area contributed by atoms with Gasteiger partial charge in [-0.3, -0.25) is 9.36 Å². The zero-order chi connectivity index (χ0) is 27.8. The number of hydrogen-bond acceptors (Lipinski definition) is 7. The van der Waals surface area contributed by atoms with Gasteiger partial charge in [-0.05, 0) is 62.7 Å². The number of nitrogens with zero attached hydrogens (tertiary/aromatic N) is 2. The van der Waals surface area contributed by atoms with E-state index in [0.29, 0.717) is 42.7 Å². The number of thiazole rings is 1. The van der Waals surface area contributed by atoms with Gasteiger partial charge in [0, 0.05) is 16.7 Å². The molecule has 1 N–H and O–H groups in total. The number of rotatable bonds is 6. The van der Waals surface area contributed by atoms with Crippen molar-refractivity contribution in [2.45, 2.75) is 32.9 Å². The molecule has 2 aromatic carbocycles. The molecule has 39 heavy (non-hydrogen) atoms. The van der Waals surface area contributed by atoms with Crippen LogP contribution >= 0.6 is 22.9 Å². The number of hydrogen-bond donors (Lipinski definition) is 1. The van der Waals surface area contributed by atoms with Crippen LogP contribution in [0.3, 0.4) is 0 Å². The van der Waals surface area contributed by atoms with Crippen molar-refractivity contribution in [3.05, 3.63) is 114 Å². The van der Waals surface area contributed by atoms with Crippen molar-refractivity contribution in [2.75, 3.05) is 0 Å². The monoisotopic (exact) mass is 562 g/mol. The number of aromatic carboxylic acids is 1. The summed E-state index contributed by atoms with van der Waals surface area (Å²) in [6.45, 7) is 5.25. The summed E-state index contributed by atoms with van der Waals surface area (Å²) in [5.41, 5.74) is 2.00. The van der Waals surface area contributed by atoms with E-state index in [1.807, 2.05) is 0 Å². The van der Waals surface area contributed by atoms with Gasteiger partial charge in [0.15, 0.2) is 4.80 Å². The van der Waals surface area contributed by atoms with Gasteiger partial charge in [0.1, 0.15) is 11.5 Å². The van der Waals surface area contributed by atoms with Crippen LogP contribution in [0.1, 0.15) is 48.5 Å². The fourth-order valence-electron chi connectivity index (χ4n) is 4.31. The van der Waals surface area contributed by atoms with Gasteiger partial charge in [0.05, 0.1) is 33.5 Å². The van der Waals surface area contributed by atoms with E-state index in [4.69, 9.17) is 25.9 Å². The summed E-state index contributed by atoms with van der Waals surface area (Å²) in [5, 5.41) is 9.65. The highest BCUT2D eigenvalue weighted by Gasteiger charge is 2.33. The molecule has 0 fully saturated rings. The summed E-state index contributed by atoms with van der Waals surface area (Å²) >= 11 is 7.30. The average Bonchev–Trinajstić information content (AvgIpc) is 3.48. The van der Waals surface area contributed by atoms with Gasteiger partial charge in [0.25, 0.3) is 5.56 Å². The molecule has 1 aliphatic rings. The Labute approximate surface area is 231 Å². The molecule has 0 bridgehead atoms. The number of carboxylic acids is 1. The molecule has 0 radical (unpaired) electrons. The average molecular weight is 563 g/mol. The van der Waals surface area contributed by atoms with Crippen LogP contribution in [0.5, 0.6) is 0 Å². The van der Waals surface area contributed by atoms with Crippen molar-refractivity contribution >= 4 is 41.0 Å².